The van der Waals surface area contributed by atoms with E-state index < -0.39 is 5.97 Å². The van der Waals surface area contributed by atoms with E-state index in [0.29, 0.717) is 5.92 Å². The summed E-state index contributed by atoms with van der Waals surface area (Å²) in [5.74, 6) is -0.558. The molecule has 1 aromatic heterocycles. The van der Waals surface area contributed by atoms with Gasteiger partial charge < -0.3 is 5.11 Å². The van der Waals surface area contributed by atoms with Gasteiger partial charge in [-0.3, -0.25) is 0 Å². The molecule has 0 radical (unpaired) electrons. The van der Waals surface area contributed by atoms with E-state index in [-0.39, 0.29) is 5.56 Å². The van der Waals surface area contributed by atoms with Crippen LogP contribution >= 0.6 is 11.8 Å². The highest BCUT2D eigenvalue weighted by atomic mass is 32.2. The first-order valence-corrected chi connectivity index (χ1v) is 6.71. The van der Waals surface area contributed by atoms with Crippen LogP contribution in [0.15, 0.2) is 46.6 Å². The number of carboxylic acids is 1. The van der Waals surface area contributed by atoms with Gasteiger partial charge in [0.25, 0.3) is 0 Å². The van der Waals surface area contributed by atoms with Crippen molar-refractivity contribution >= 4 is 17.7 Å². The summed E-state index contributed by atoms with van der Waals surface area (Å²) in [6, 6.07) is 8.71. The number of rotatable bonds is 4. The molecule has 0 saturated carbocycles. The van der Waals surface area contributed by atoms with Crippen molar-refractivity contribution in [2.24, 2.45) is 0 Å². The second-order valence-corrected chi connectivity index (χ2v) is 5.46. The number of benzene rings is 1. The zero-order valence-corrected chi connectivity index (χ0v) is 11.5. The Kier molecular flexibility index (Phi) is 4.16. The fourth-order valence-electron chi connectivity index (χ4n) is 1.51. The Bertz CT molecular complexity index is 582. The van der Waals surface area contributed by atoms with Crippen LogP contribution in [0.5, 0.6) is 0 Å². The molecule has 1 N–H and O–H groups in total. The maximum absolute atomic E-state index is 10.8. The number of hydrogen-bond donors (Lipinski definition) is 1. The van der Waals surface area contributed by atoms with E-state index >= 15 is 0 Å². The first-order valence-electron chi connectivity index (χ1n) is 5.89. The molecule has 19 heavy (non-hydrogen) atoms. The van der Waals surface area contributed by atoms with Crippen LogP contribution in [-0.2, 0) is 0 Å². The molecule has 0 unspecified atom stereocenters. The van der Waals surface area contributed by atoms with Crippen LogP contribution in [-0.4, -0.2) is 21.0 Å². The van der Waals surface area contributed by atoms with Crippen LogP contribution in [0.25, 0.3) is 0 Å². The number of nitrogens with zero attached hydrogens (tertiary/aromatic N) is 2. The van der Waals surface area contributed by atoms with Crippen LogP contribution < -0.4 is 0 Å². The number of carbonyl (C=O) groups is 1. The molecule has 98 valence electrons. The average Bonchev–Trinajstić information content (AvgIpc) is 2.39. The summed E-state index contributed by atoms with van der Waals surface area (Å²) >= 11 is 1.50. The number of aromatic carboxylic acids is 1. The molecule has 0 bridgehead atoms. The normalized spacial score (nSPS) is 10.7. The van der Waals surface area contributed by atoms with Gasteiger partial charge in [-0.15, -0.1) is 0 Å². The second kappa shape index (κ2) is 5.84. The third-order valence-electron chi connectivity index (χ3n) is 2.58. The lowest BCUT2D eigenvalue weighted by molar-refractivity contribution is 0.0697. The first-order chi connectivity index (χ1) is 9.06. The lowest BCUT2D eigenvalue weighted by atomic mass is 10.1. The molecular formula is C14H14N2O2S. The Hall–Kier alpha value is -1.88. The highest BCUT2D eigenvalue weighted by molar-refractivity contribution is 7.99. The number of carboxylic acid groups (broad SMARTS) is 1. The summed E-state index contributed by atoms with van der Waals surface area (Å²) in [4.78, 5) is 20.1. The van der Waals surface area contributed by atoms with Gasteiger partial charge in [0.2, 0.25) is 0 Å². The lowest BCUT2D eigenvalue weighted by Gasteiger charge is -2.06. The maximum atomic E-state index is 10.8. The molecule has 0 saturated heterocycles. The fourth-order valence-corrected chi connectivity index (χ4v) is 2.30. The molecule has 0 atom stereocenters. The second-order valence-electron chi connectivity index (χ2n) is 4.37. The predicted octanol–water partition coefficient (Wildman–Crippen LogP) is 3.45. The molecule has 0 aliphatic heterocycles. The summed E-state index contributed by atoms with van der Waals surface area (Å²) in [5, 5.41) is 9.70. The molecular weight excluding hydrogens is 260 g/mol. The minimum atomic E-state index is -0.916. The van der Waals surface area contributed by atoms with Crippen molar-refractivity contribution in [3.05, 3.63) is 47.9 Å². The van der Waals surface area contributed by atoms with Crippen LogP contribution in [0.4, 0.5) is 0 Å². The van der Waals surface area contributed by atoms with E-state index in [1.165, 1.54) is 11.8 Å². The van der Waals surface area contributed by atoms with Gasteiger partial charge in [-0.05, 0) is 36.2 Å². The smallest absolute Gasteiger partial charge is 0.335 e. The van der Waals surface area contributed by atoms with Crippen molar-refractivity contribution in [1.29, 1.82) is 0 Å². The summed E-state index contributed by atoms with van der Waals surface area (Å²) in [5.41, 5.74) is 1.29. The standard InChI is InChI=1S/C14H14N2O2S/c1-9(2)12-7-13(16-8-15-12)19-11-5-3-10(4-6-11)14(17)18/h3-9H,1-2H3,(H,17,18). The largest absolute Gasteiger partial charge is 0.478 e. The Morgan fingerprint density at radius 1 is 1.21 bits per heavy atom. The molecule has 2 aromatic rings. The van der Waals surface area contributed by atoms with Gasteiger partial charge in [-0.1, -0.05) is 25.6 Å². The molecule has 0 amide bonds. The Balaban J connectivity index is 2.16. The summed E-state index contributed by atoms with van der Waals surface area (Å²) in [6.45, 7) is 4.16. The first kappa shape index (κ1) is 13.5. The van der Waals surface area contributed by atoms with E-state index in [1.807, 2.05) is 6.07 Å². The van der Waals surface area contributed by atoms with E-state index in [0.717, 1.165) is 15.6 Å². The Labute approximate surface area is 115 Å². The summed E-state index contributed by atoms with van der Waals surface area (Å²) in [7, 11) is 0. The highest BCUT2D eigenvalue weighted by Gasteiger charge is 2.06. The van der Waals surface area contributed by atoms with E-state index in [4.69, 9.17) is 5.11 Å². The van der Waals surface area contributed by atoms with Gasteiger partial charge in [0.15, 0.2) is 0 Å². The minimum absolute atomic E-state index is 0.287. The van der Waals surface area contributed by atoms with Gasteiger partial charge in [-0.2, -0.15) is 0 Å². The molecule has 2 rings (SSSR count). The van der Waals surface area contributed by atoms with Gasteiger partial charge in [0, 0.05) is 10.6 Å². The van der Waals surface area contributed by atoms with Crippen molar-refractivity contribution in [3.63, 3.8) is 0 Å². The molecule has 0 fully saturated rings. The van der Waals surface area contributed by atoms with Crippen molar-refractivity contribution in [2.75, 3.05) is 0 Å². The fraction of sp³-hybridized carbons (Fsp3) is 0.214. The van der Waals surface area contributed by atoms with Crippen LogP contribution in [0, 0.1) is 0 Å². The van der Waals surface area contributed by atoms with Crippen LogP contribution in [0.3, 0.4) is 0 Å². The van der Waals surface area contributed by atoms with E-state index in [2.05, 4.69) is 23.8 Å². The number of aromatic nitrogens is 2. The molecule has 0 aliphatic rings. The molecule has 1 aromatic carbocycles. The van der Waals surface area contributed by atoms with Crippen LogP contribution in [0.1, 0.15) is 35.8 Å². The summed E-state index contributed by atoms with van der Waals surface area (Å²) < 4.78 is 0. The molecule has 0 aliphatic carbocycles. The van der Waals surface area contributed by atoms with E-state index in [9.17, 15) is 4.79 Å². The Morgan fingerprint density at radius 3 is 2.47 bits per heavy atom. The zero-order valence-electron chi connectivity index (χ0n) is 10.7. The topological polar surface area (TPSA) is 63.1 Å². The van der Waals surface area contributed by atoms with Gasteiger partial charge in [-0.25, -0.2) is 14.8 Å². The predicted molar refractivity (Wildman–Crippen MR) is 73.6 cm³/mol. The third-order valence-corrected chi connectivity index (χ3v) is 3.52. The lowest BCUT2D eigenvalue weighted by Crippen LogP contribution is -1.95. The van der Waals surface area contributed by atoms with Crippen molar-refractivity contribution in [3.8, 4) is 0 Å². The number of hydrogen-bond acceptors (Lipinski definition) is 4. The Morgan fingerprint density at radius 2 is 1.89 bits per heavy atom. The molecule has 0 spiro atoms. The minimum Gasteiger partial charge on any atom is -0.478 e. The third kappa shape index (κ3) is 3.54. The SMILES string of the molecule is CC(C)c1cc(Sc2ccc(C(=O)O)cc2)ncn1. The maximum Gasteiger partial charge on any atom is 0.335 e. The monoisotopic (exact) mass is 274 g/mol. The van der Waals surface area contributed by atoms with Crippen molar-refractivity contribution in [2.45, 2.75) is 29.7 Å². The summed E-state index contributed by atoms with van der Waals surface area (Å²) in [6.07, 6.45) is 1.56. The zero-order chi connectivity index (χ0) is 13.8. The molecule has 1 heterocycles. The van der Waals surface area contributed by atoms with Crippen LogP contribution in [0.2, 0.25) is 0 Å². The van der Waals surface area contributed by atoms with Crippen molar-refractivity contribution in [1.82, 2.24) is 9.97 Å². The van der Waals surface area contributed by atoms with Gasteiger partial charge >= 0.3 is 5.97 Å². The van der Waals surface area contributed by atoms with Gasteiger partial charge in [0.1, 0.15) is 11.4 Å². The highest BCUT2D eigenvalue weighted by Crippen LogP contribution is 2.27. The van der Waals surface area contributed by atoms with Crippen molar-refractivity contribution < 1.29 is 9.90 Å². The molecule has 5 heteroatoms. The van der Waals surface area contributed by atoms with E-state index in [1.54, 1.807) is 30.6 Å². The molecule has 4 nitrogen and oxygen atoms in total. The average molecular weight is 274 g/mol. The van der Waals surface area contributed by atoms with Gasteiger partial charge in [0.05, 0.1) is 5.56 Å². The quantitative estimate of drug-likeness (QED) is 0.865.